The van der Waals surface area contributed by atoms with Crippen molar-refractivity contribution in [2.75, 3.05) is 24.8 Å². The van der Waals surface area contributed by atoms with E-state index in [0.717, 1.165) is 23.2 Å². The minimum Gasteiger partial charge on any atom is -0.497 e. The molecule has 1 unspecified atom stereocenters. The molecule has 0 radical (unpaired) electrons. The van der Waals surface area contributed by atoms with Crippen molar-refractivity contribution in [3.63, 3.8) is 0 Å². The molecule has 0 aliphatic heterocycles. The molecular formula is C26H31N5O4S. The Labute approximate surface area is 215 Å². The van der Waals surface area contributed by atoms with E-state index in [4.69, 9.17) is 4.74 Å². The van der Waals surface area contributed by atoms with E-state index in [2.05, 4.69) is 27.4 Å². The topological polar surface area (TPSA) is 118 Å². The van der Waals surface area contributed by atoms with Crippen molar-refractivity contribution in [1.82, 2.24) is 20.1 Å². The summed E-state index contributed by atoms with van der Waals surface area (Å²) in [6.07, 6.45) is 2.48. The minimum atomic E-state index is -0.797. The summed E-state index contributed by atoms with van der Waals surface area (Å²) in [7, 11) is 1.55. The third kappa shape index (κ3) is 6.52. The zero-order valence-electron chi connectivity index (χ0n) is 20.7. The predicted octanol–water partition coefficient (Wildman–Crippen LogP) is 3.54. The van der Waals surface area contributed by atoms with Crippen molar-refractivity contribution in [3.8, 4) is 5.75 Å². The van der Waals surface area contributed by atoms with Gasteiger partial charge in [0.05, 0.1) is 19.5 Å². The van der Waals surface area contributed by atoms with Crippen molar-refractivity contribution < 1.29 is 19.4 Å². The number of rotatable bonds is 12. The number of methoxy groups -OCH3 is 1. The van der Waals surface area contributed by atoms with Gasteiger partial charge < -0.3 is 25.0 Å². The first-order valence-corrected chi connectivity index (χ1v) is 12.5. The molecule has 1 heterocycles. The minimum absolute atomic E-state index is 0.120. The highest BCUT2D eigenvalue weighted by Crippen LogP contribution is 2.24. The Kier molecular flexibility index (Phi) is 9.66. The lowest BCUT2D eigenvalue weighted by atomic mass is 10.1. The lowest BCUT2D eigenvalue weighted by Crippen LogP contribution is -2.33. The number of nitrogens with one attached hydrogen (secondary N) is 2. The van der Waals surface area contributed by atoms with Gasteiger partial charge in [0, 0.05) is 17.8 Å². The van der Waals surface area contributed by atoms with Gasteiger partial charge in [0.1, 0.15) is 11.8 Å². The summed E-state index contributed by atoms with van der Waals surface area (Å²) in [5.74, 6) is 0.590. The van der Waals surface area contributed by atoms with Crippen molar-refractivity contribution in [1.29, 1.82) is 0 Å². The smallest absolute Gasteiger partial charge is 0.251 e. The van der Waals surface area contributed by atoms with Crippen LogP contribution in [0.15, 0.2) is 60.3 Å². The molecule has 1 aromatic heterocycles. The lowest BCUT2D eigenvalue weighted by Gasteiger charge is -2.17. The SMILES string of the molecule is C=CCn1c(SCC(=O)Nc2c(C)cccc2CC)nnc1C(CO)NC(=O)c1ccc(OC)cc1. The first kappa shape index (κ1) is 27.0. The highest BCUT2D eigenvalue weighted by molar-refractivity contribution is 7.99. The van der Waals surface area contributed by atoms with E-state index in [1.165, 1.54) is 11.8 Å². The van der Waals surface area contributed by atoms with Crippen LogP contribution in [-0.2, 0) is 17.8 Å². The van der Waals surface area contributed by atoms with Crippen molar-refractivity contribution in [2.24, 2.45) is 0 Å². The number of amides is 2. The molecule has 1 atom stereocenters. The predicted molar refractivity (Wildman–Crippen MR) is 140 cm³/mol. The van der Waals surface area contributed by atoms with Gasteiger partial charge in [-0.3, -0.25) is 9.59 Å². The van der Waals surface area contributed by atoms with E-state index >= 15 is 0 Å². The first-order chi connectivity index (χ1) is 17.4. The van der Waals surface area contributed by atoms with Crippen molar-refractivity contribution in [2.45, 2.75) is 38.0 Å². The summed E-state index contributed by atoms with van der Waals surface area (Å²) < 4.78 is 6.85. The molecular weight excluding hydrogens is 478 g/mol. The third-order valence-electron chi connectivity index (χ3n) is 5.55. The van der Waals surface area contributed by atoms with Crippen molar-refractivity contribution >= 4 is 29.3 Å². The zero-order chi connectivity index (χ0) is 26.1. The normalized spacial score (nSPS) is 11.6. The number of para-hydroxylation sites is 1. The summed E-state index contributed by atoms with van der Waals surface area (Å²) in [4.78, 5) is 25.4. The van der Waals surface area contributed by atoms with Gasteiger partial charge >= 0.3 is 0 Å². The van der Waals surface area contributed by atoms with Crippen LogP contribution >= 0.6 is 11.8 Å². The zero-order valence-corrected chi connectivity index (χ0v) is 21.5. The number of thioether (sulfide) groups is 1. The second-order valence-electron chi connectivity index (χ2n) is 7.98. The number of ether oxygens (including phenoxy) is 1. The Morgan fingerprint density at radius 2 is 1.97 bits per heavy atom. The Balaban J connectivity index is 1.72. The molecule has 2 aromatic carbocycles. The summed E-state index contributed by atoms with van der Waals surface area (Å²) in [6, 6.07) is 11.8. The molecule has 0 aliphatic carbocycles. The molecule has 0 saturated carbocycles. The lowest BCUT2D eigenvalue weighted by molar-refractivity contribution is -0.113. The van der Waals surface area contributed by atoms with E-state index in [-0.39, 0.29) is 24.2 Å². The van der Waals surface area contributed by atoms with E-state index in [1.54, 1.807) is 42.0 Å². The summed E-state index contributed by atoms with van der Waals surface area (Å²) in [5, 5.41) is 24.7. The molecule has 10 heteroatoms. The summed E-state index contributed by atoms with van der Waals surface area (Å²) >= 11 is 1.22. The highest BCUT2D eigenvalue weighted by atomic mass is 32.2. The number of hydrogen-bond donors (Lipinski definition) is 3. The Hall–Kier alpha value is -3.63. The van der Waals surface area contributed by atoms with Gasteiger partial charge in [0.15, 0.2) is 11.0 Å². The summed E-state index contributed by atoms with van der Waals surface area (Å²) in [6.45, 7) is 7.76. The number of aromatic nitrogens is 3. The number of benzene rings is 2. The fraction of sp³-hybridized carbons (Fsp3) is 0.308. The molecule has 3 N–H and O–H groups in total. The fourth-order valence-corrected chi connectivity index (χ4v) is 4.40. The number of aryl methyl sites for hydroxylation is 2. The van der Waals surface area contributed by atoms with Crippen LogP contribution in [-0.4, -0.2) is 51.2 Å². The van der Waals surface area contributed by atoms with E-state index in [9.17, 15) is 14.7 Å². The van der Waals surface area contributed by atoms with Gasteiger partial charge in [-0.05, 0) is 48.7 Å². The number of nitrogens with zero attached hydrogens (tertiary/aromatic N) is 3. The molecule has 2 amide bonds. The Morgan fingerprint density at radius 3 is 2.61 bits per heavy atom. The van der Waals surface area contributed by atoms with Crippen LogP contribution in [0.3, 0.4) is 0 Å². The van der Waals surface area contributed by atoms with Crippen LogP contribution in [0, 0.1) is 6.92 Å². The number of aliphatic hydroxyl groups is 1. The first-order valence-electron chi connectivity index (χ1n) is 11.5. The number of carbonyl (C=O) groups excluding carboxylic acids is 2. The molecule has 190 valence electrons. The van der Waals surface area contributed by atoms with E-state index in [1.807, 2.05) is 32.0 Å². The molecule has 0 fully saturated rings. The second-order valence-corrected chi connectivity index (χ2v) is 8.92. The molecule has 0 bridgehead atoms. The molecule has 0 saturated heterocycles. The van der Waals surface area contributed by atoms with Crippen LogP contribution in [0.4, 0.5) is 5.69 Å². The third-order valence-corrected chi connectivity index (χ3v) is 6.51. The number of allylic oxidation sites excluding steroid dienone is 1. The quantitative estimate of drug-likeness (QED) is 0.252. The van der Waals surface area contributed by atoms with Gasteiger partial charge in [0.25, 0.3) is 5.91 Å². The van der Waals surface area contributed by atoms with Crippen LogP contribution in [0.1, 0.15) is 40.3 Å². The average Bonchev–Trinajstić information content (AvgIpc) is 3.29. The monoisotopic (exact) mass is 509 g/mol. The summed E-state index contributed by atoms with van der Waals surface area (Å²) in [5.41, 5.74) is 3.32. The Morgan fingerprint density at radius 1 is 1.22 bits per heavy atom. The molecule has 9 nitrogen and oxygen atoms in total. The Bertz CT molecular complexity index is 1210. The number of carbonyl (C=O) groups is 2. The largest absolute Gasteiger partial charge is 0.497 e. The number of hydrogen-bond acceptors (Lipinski definition) is 7. The maximum atomic E-state index is 12.7. The van der Waals surface area contributed by atoms with Crippen LogP contribution in [0.2, 0.25) is 0 Å². The molecule has 0 aliphatic rings. The molecule has 0 spiro atoms. The second kappa shape index (κ2) is 12.9. The maximum absolute atomic E-state index is 12.7. The van der Waals surface area contributed by atoms with Crippen LogP contribution < -0.4 is 15.4 Å². The molecule has 3 rings (SSSR count). The van der Waals surface area contributed by atoms with Crippen LogP contribution in [0.5, 0.6) is 5.75 Å². The number of anilines is 1. The number of aliphatic hydroxyl groups excluding tert-OH is 1. The average molecular weight is 510 g/mol. The van der Waals surface area contributed by atoms with Crippen molar-refractivity contribution in [3.05, 3.63) is 77.6 Å². The maximum Gasteiger partial charge on any atom is 0.251 e. The van der Waals surface area contributed by atoms with E-state index < -0.39 is 6.04 Å². The van der Waals surface area contributed by atoms with Gasteiger partial charge in [-0.25, -0.2) is 0 Å². The van der Waals surface area contributed by atoms with Crippen LogP contribution in [0.25, 0.3) is 0 Å². The molecule has 36 heavy (non-hydrogen) atoms. The molecule has 3 aromatic rings. The fourth-order valence-electron chi connectivity index (χ4n) is 3.65. The van der Waals surface area contributed by atoms with Gasteiger partial charge in [-0.1, -0.05) is 43.0 Å². The van der Waals surface area contributed by atoms with E-state index in [0.29, 0.717) is 28.8 Å². The standard InChI is InChI=1S/C26H31N5O4S/c1-5-14-31-24(21(15-32)27-25(34)19-10-12-20(35-4)13-11-19)29-30-26(31)36-16-22(33)28-23-17(3)8-7-9-18(23)6-2/h5,7-13,21,32H,1,6,14-16H2,2-4H3,(H,27,34)(H,28,33). The highest BCUT2D eigenvalue weighted by Gasteiger charge is 2.23. The van der Waals surface area contributed by atoms with Gasteiger partial charge in [-0.15, -0.1) is 16.8 Å². The van der Waals surface area contributed by atoms with Gasteiger partial charge in [0.2, 0.25) is 5.91 Å². The van der Waals surface area contributed by atoms with Gasteiger partial charge in [-0.2, -0.15) is 0 Å².